The number of rotatable bonds is 5. The van der Waals surface area contributed by atoms with E-state index in [1.807, 2.05) is 31.2 Å². The minimum atomic E-state index is -0.587. The van der Waals surface area contributed by atoms with E-state index < -0.39 is 11.8 Å². The van der Waals surface area contributed by atoms with Gasteiger partial charge in [-0.3, -0.25) is 0 Å². The summed E-state index contributed by atoms with van der Waals surface area (Å²) in [7, 11) is 1.64. The zero-order chi connectivity index (χ0) is 17.1. The van der Waals surface area contributed by atoms with Gasteiger partial charge in [-0.1, -0.05) is 17.3 Å². The van der Waals surface area contributed by atoms with E-state index in [0.717, 1.165) is 17.9 Å². The smallest absolute Gasteiger partial charge is 0.365 e. The molecule has 3 rings (SSSR count). The number of ether oxygens (including phenoxy) is 1. The van der Waals surface area contributed by atoms with Crippen molar-refractivity contribution in [3.8, 4) is 5.75 Å². The lowest BCUT2D eigenvalue weighted by Gasteiger charge is -2.03. The van der Waals surface area contributed by atoms with E-state index >= 15 is 0 Å². The number of hydrogen-bond donors (Lipinski definition) is 0. The number of benzene rings is 2. The van der Waals surface area contributed by atoms with Gasteiger partial charge in [0.25, 0.3) is 0 Å². The van der Waals surface area contributed by atoms with Gasteiger partial charge < -0.3 is 9.57 Å². The van der Waals surface area contributed by atoms with Gasteiger partial charge in [-0.2, -0.15) is 0 Å². The van der Waals surface area contributed by atoms with Crippen molar-refractivity contribution in [1.82, 2.24) is 0 Å². The van der Waals surface area contributed by atoms with E-state index in [0.29, 0.717) is 5.92 Å². The van der Waals surface area contributed by atoms with Gasteiger partial charge in [0.05, 0.1) is 18.4 Å². The molecule has 124 valence electrons. The lowest BCUT2D eigenvalue weighted by molar-refractivity contribution is 0.0514. The molecule has 4 nitrogen and oxygen atoms in total. The van der Waals surface area contributed by atoms with Crippen molar-refractivity contribution in [3.63, 3.8) is 0 Å². The van der Waals surface area contributed by atoms with Crippen molar-refractivity contribution in [3.05, 3.63) is 65.5 Å². The minimum absolute atomic E-state index is 0.274. The van der Waals surface area contributed by atoms with Crippen LogP contribution in [-0.2, 0) is 4.84 Å². The first kappa shape index (κ1) is 16.2. The van der Waals surface area contributed by atoms with Crippen molar-refractivity contribution in [2.24, 2.45) is 11.1 Å². The summed E-state index contributed by atoms with van der Waals surface area (Å²) in [6.07, 6.45) is 0.982. The molecule has 0 amide bonds. The highest BCUT2D eigenvalue weighted by Gasteiger charge is 2.40. The summed E-state index contributed by atoms with van der Waals surface area (Å²) in [5.41, 5.74) is 2.28. The molecule has 2 aromatic rings. The summed E-state index contributed by atoms with van der Waals surface area (Å²) in [4.78, 5) is 16.8. The molecule has 1 aliphatic carbocycles. The fraction of sp³-hybridized carbons (Fsp3) is 0.263. The van der Waals surface area contributed by atoms with Crippen LogP contribution in [0.4, 0.5) is 4.39 Å². The van der Waals surface area contributed by atoms with Crippen LogP contribution >= 0.6 is 0 Å². The van der Waals surface area contributed by atoms with E-state index in [2.05, 4.69) is 5.16 Å². The molecule has 0 bridgehead atoms. The Morgan fingerprint density at radius 1 is 1.12 bits per heavy atom. The summed E-state index contributed by atoms with van der Waals surface area (Å²) in [5, 5.41) is 3.94. The number of halogens is 1. The SMILES string of the molecule is COc1ccc([C@@H]2C[C@@H]2/C(C)=N\OC(=O)c2ccc(F)cc2)cc1. The Labute approximate surface area is 139 Å². The second-order valence-electron chi connectivity index (χ2n) is 5.84. The fourth-order valence-corrected chi connectivity index (χ4v) is 2.70. The van der Waals surface area contributed by atoms with E-state index in [-0.39, 0.29) is 11.5 Å². The van der Waals surface area contributed by atoms with E-state index in [4.69, 9.17) is 9.57 Å². The molecular formula is C19H18FNO3. The first-order valence-electron chi connectivity index (χ1n) is 7.74. The highest BCUT2D eigenvalue weighted by atomic mass is 19.1. The average Bonchev–Trinajstić information content (AvgIpc) is 3.41. The lowest BCUT2D eigenvalue weighted by atomic mass is 10.1. The van der Waals surface area contributed by atoms with Gasteiger partial charge in [-0.05, 0) is 61.2 Å². The average molecular weight is 327 g/mol. The van der Waals surface area contributed by atoms with Crippen LogP contribution in [0.2, 0.25) is 0 Å². The van der Waals surface area contributed by atoms with E-state index in [9.17, 15) is 9.18 Å². The molecule has 0 spiro atoms. The Hall–Kier alpha value is -2.69. The minimum Gasteiger partial charge on any atom is -0.497 e. The zero-order valence-electron chi connectivity index (χ0n) is 13.5. The zero-order valence-corrected chi connectivity index (χ0v) is 13.5. The van der Waals surface area contributed by atoms with Crippen molar-refractivity contribution >= 4 is 11.7 Å². The van der Waals surface area contributed by atoms with Crippen LogP contribution in [0, 0.1) is 11.7 Å². The third-order valence-electron chi connectivity index (χ3n) is 4.22. The van der Waals surface area contributed by atoms with Crippen LogP contribution < -0.4 is 4.74 Å². The molecule has 1 fully saturated rings. The molecule has 0 heterocycles. The summed E-state index contributed by atoms with van der Waals surface area (Å²) in [6.45, 7) is 1.85. The molecule has 1 aliphatic rings. The van der Waals surface area contributed by atoms with Crippen LogP contribution in [0.25, 0.3) is 0 Å². The molecular weight excluding hydrogens is 309 g/mol. The van der Waals surface area contributed by atoms with Gasteiger partial charge in [0.15, 0.2) is 0 Å². The standard InChI is InChI=1S/C19H18FNO3/c1-12(21-24-19(22)14-3-7-15(20)8-4-14)17-11-18(17)13-5-9-16(23-2)10-6-13/h3-10,17-18H,11H2,1-2H3/b21-12-/t17-,18+/m1/s1. The first-order chi connectivity index (χ1) is 11.6. The Morgan fingerprint density at radius 3 is 2.42 bits per heavy atom. The molecule has 0 N–H and O–H groups in total. The molecule has 0 aliphatic heterocycles. The van der Waals surface area contributed by atoms with Crippen LogP contribution in [0.3, 0.4) is 0 Å². The maximum absolute atomic E-state index is 12.8. The van der Waals surface area contributed by atoms with Gasteiger partial charge in [0.1, 0.15) is 11.6 Å². The molecule has 0 saturated heterocycles. The van der Waals surface area contributed by atoms with Gasteiger partial charge >= 0.3 is 5.97 Å². The number of methoxy groups -OCH3 is 1. The van der Waals surface area contributed by atoms with Gasteiger partial charge in [0, 0.05) is 5.92 Å². The third kappa shape index (κ3) is 3.62. The number of nitrogens with zero attached hydrogens (tertiary/aromatic N) is 1. The van der Waals surface area contributed by atoms with E-state index in [1.54, 1.807) is 7.11 Å². The second-order valence-corrected chi connectivity index (χ2v) is 5.84. The predicted molar refractivity (Wildman–Crippen MR) is 88.8 cm³/mol. The van der Waals surface area contributed by atoms with Gasteiger partial charge in [-0.15, -0.1) is 0 Å². The second kappa shape index (κ2) is 6.83. The quantitative estimate of drug-likeness (QED) is 0.470. The molecule has 24 heavy (non-hydrogen) atoms. The summed E-state index contributed by atoms with van der Waals surface area (Å²) < 4.78 is 18.0. The highest BCUT2D eigenvalue weighted by molar-refractivity contribution is 5.91. The van der Waals surface area contributed by atoms with E-state index in [1.165, 1.54) is 29.8 Å². The molecule has 2 aromatic carbocycles. The number of carbonyl (C=O) groups is 1. The summed E-state index contributed by atoms with van der Waals surface area (Å²) >= 11 is 0. The number of carbonyl (C=O) groups excluding carboxylic acids is 1. The lowest BCUT2D eigenvalue weighted by Crippen LogP contribution is -2.05. The predicted octanol–water partition coefficient (Wildman–Crippen LogP) is 4.17. The van der Waals surface area contributed by atoms with Gasteiger partial charge in [0.2, 0.25) is 0 Å². The molecule has 0 aromatic heterocycles. The van der Waals surface area contributed by atoms with Crippen LogP contribution in [0.1, 0.15) is 35.2 Å². The third-order valence-corrected chi connectivity index (χ3v) is 4.22. The molecule has 0 unspecified atom stereocenters. The largest absolute Gasteiger partial charge is 0.497 e. The normalized spacial score (nSPS) is 19.7. The first-order valence-corrected chi connectivity index (χ1v) is 7.74. The van der Waals surface area contributed by atoms with Crippen molar-refractivity contribution in [2.45, 2.75) is 19.3 Å². The van der Waals surface area contributed by atoms with Crippen molar-refractivity contribution < 1.29 is 18.8 Å². The molecule has 5 heteroatoms. The monoisotopic (exact) mass is 327 g/mol. The maximum atomic E-state index is 12.8. The number of oxime groups is 1. The maximum Gasteiger partial charge on any atom is 0.365 e. The number of hydrogen-bond acceptors (Lipinski definition) is 4. The Bertz CT molecular complexity index is 753. The van der Waals surface area contributed by atoms with Crippen LogP contribution in [0.5, 0.6) is 5.75 Å². The summed E-state index contributed by atoms with van der Waals surface area (Å²) in [5.74, 6) is 0.515. The molecule has 2 atom stereocenters. The Kier molecular flexibility index (Phi) is 4.60. The molecule has 1 saturated carbocycles. The molecule has 0 radical (unpaired) electrons. The Morgan fingerprint density at radius 2 is 1.79 bits per heavy atom. The Balaban J connectivity index is 1.58. The van der Waals surface area contributed by atoms with Crippen molar-refractivity contribution in [2.75, 3.05) is 7.11 Å². The van der Waals surface area contributed by atoms with Crippen LogP contribution in [-0.4, -0.2) is 18.8 Å². The topological polar surface area (TPSA) is 47.9 Å². The van der Waals surface area contributed by atoms with Gasteiger partial charge in [-0.25, -0.2) is 9.18 Å². The van der Waals surface area contributed by atoms with Crippen molar-refractivity contribution in [1.29, 1.82) is 0 Å². The van der Waals surface area contributed by atoms with Crippen LogP contribution in [0.15, 0.2) is 53.7 Å². The fourth-order valence-electron chi connectivity index (χ4n) is 2.70. The summed E-state index contributed by atoms with van der Waals surface area (Å²) in [6, 6.07) is 13.1. The highest BCUT2D eigenvalue weighted by Crippen LogP contribution is 2.48.